The smallest absolute Gasteiger partial charge is 0.140 e. The molecule has 1 aromatic carbocycles. The Morgan fingerprint density at radius 3 is 2.56 bits per heavy atom. The lowest BCUT2D eigenvalue weighted by atomic mass is 9.85. The highest BCUT2D eigenvalue weighted by Gasteiger charge is 2.34. The molecule has 1 fully saturated rings. The van der Waals surface area contributed by atoms with Gasteiger partial charge in [0.1, 0.15) is 5.78 Å². The average Bonchev–Trinajstić information content (AvgIpc) is 2.62. The largest absolute Gasteiger partial charge is 0.299 e. The average molecular weight is 216 g/mol. The molecular formula is C15H20O. The first kappa shape index (κ1) is 11.4. The van der Waals surface area contributed by atoms with Gasteiger partial charge in [0.05, 0.1) is 0 Å². The van der Waals surface area contributed by atoms with E-state index in [1.807, 2.05) is 0 Å². The molecule has 86 valence electrons. The number of hydrogen-bond acceptors (Lipinski definition) is 1. The fraction of sp³-hybridized carbons (Fsp3) is 0.533. The Balaban J connectivity index is 2.22. The van der Waals surface area contributed by atoms with Crippen molar-refractivity contribution >= 4 is 5.78 Å². The number of carbonyl (C=O) groups is 1. The molecule has 2 rings (SSSR count). The predicted octanol–water partition coefficient (Wildman–Crippen LogP) is 3.86. The van der Waals surface area contributed by atoms with Gasteiger partial charge in [0.15, 0.2) is 0 Å². The molecule has 2 atom stereocenters. The first-order chi connectivity index (χ1) is 7.72. The molecule has 1 aliphatic carbocycles. The lowest BCUT2D eigenvalue weighted by Gasteiger charge is -2.18. The molecule has 0 aromatic heterocycles. The number of Topliss-reactive ketones (excluding diaryl/α,β-unsaturated/α-hetero) is 1. The van der Waals surface area contributed by atoms with Gasteiger partial charge in [-0.1, -0.05) is 43.2 Å². The van der Waals surface area contributed by atoms with Crippen LogP contribution in [-0.2, 0) is 4.79 Å². The van der Waals surface area contributed by atoms with Gasteiger partial charge in [-0.05, 0) is 31.2 Å². The summed E-state index contributed by atoms with van der Waals surface area (Å²) in [6, 6.07) is 8.49. The van der Waals surface area contributed by atoms with E-state index in [4.69, 9.17) is 0 Å². The highest BCUT2D eigenvalue weighted by molar-refractivity contribution is 5.88. The van der Waals surface area contributed by atoms with Crippen LogP contribution in [0.4, 0.5) is 0 Å². The molecule has 16 heavy (non-hydrogen) atoms. The number of hydrogen-bond donors (Lipinski definition) is 0. The van der Waals surface area contributed by atoms with Crippen LogP contribution >= 0.6 is 0 Å². The fourth-order valence-corrected chi connectivity index (χ4v) is 2.83. The van der Waals surface area contributed by atoms with Crippen molar-refractivity contribution in [3.05, 3.63) is 35.4 Å². The molecule has 0 bridgehead atoms. The van der Waals surface area contributed by atoms with Gasteiger partial charge in [-0.2, -0.15) is 0 Å². The molecule has 0 amide bonds. The molecule has 0 spiro atoms. The molecule has 1 aliphatic rings. The van der Waals surface area contributed by atoms with E-state index in [1.165, 1.54) is 24.0 Å². The summed E-state index contributed by atoms with van der Waals surface area (Å²) in [7, 11) is 0. The van der Waals surface area contributed by atoms with Crippen LogP contribution in [-0.4, -0.2) is 5.78 Å². The molecule has 1 saturated carbocycles. The maximum absolute atomic E-state index is 11.9. The van der Waals surface area contributed by atoms with Crippen LogP contribution in [0.2, 0.25) is 0 Å². The van der Waals surface area contributed by atoms with Gasteiger partial charge in [0.2, 0.25) is 0 Å². The van der Waals surface area contributed by atoms with Crippen molar-refractivity contribution in [1.82, 2.24) is 0 Å². The van der Waals surface area contributed by atoms with E-state index >= 15 is 0 Å². The van der Waals surface area contributed by atoms with E-state index in [9.17, 15) is 4.79 Å². The van der Waals surface area contributed by atoms with Gasteiger partial charge < -0.3 is 0 Å². The summed E-state index contributed by atoms with van der Waals surface area (Å²) >= 11 is 0. The third-order valence-corrected chi connectivity index (χ3v) is 3.68. The van der Waals surface area contributed by atoms with Crippen LogP contribution in [0.25, 0.3) is 0 Å². The van der Waals surface area contributed by atoms with Crippen molar-refractivity contribution in [2.75, 3.05) is 0 Å². The van der Waals surface area contributed by atoms with E-state index in [-0.39, 0.29) is 5.92 Å². The van der Waals surface area contributed by atoms with Crippen LogP contribution in [0.3, 0.4) is 0 Å². The van der Waals surface area contributed by atoms with Gasteiger partial charge in [-0.25, -0.2) is 0 Å². The molecule has 0 aliphatic heterocycles. The standard InChI is InChI=1S/C15H20O/c1-3-4-12-9-10-14(16)15(12)13-7-5-11(2)6-8-13/h5-8,12,15H,3-4,9-10H2,1-2H3/t12-,15-/m0/s1. The Labute approximate surface area is 97.9 Å². The summed E-state index contributed by atoms with van der Waals surface area (Å²) in [6.45, 7) is 4.29. The summed E-state index contributed by atoms with van der Waals surface area (Å²) in [4.78, 5) is 11.9. The van der Waals surface area contributed by atoms with Crippen molar-refractivity contribution < 1.29 is 4.79 Å². The second kappa shape index (κ2) is 4.82. The highest BCUT2D eigenvalue weighted by atomic mass is 16.1. The Kier molecular flexibility index (Phi) is 3.42. The topological polar surface area (TPSA) is 17.1 Å². The molecular weight excluding hydrogens is 196 g/mol. The zero-order valence-corrected chi connectivity index (χ0v) is 10.2. The molecule has 1 aromatic rings. The number of aryl methyl sites for hydroxylation is 1. The Morgan fingerprint density at radius 2 is 1.94 bits per heavy atom. The zero-order valence-electron chi connectivity index (χ0n) is 10.2. The minimum Gasteiger partial charge on any atom is -0.299 e. The quantitative estimate of drug-likeness (QED) is 0.750. The number of rotatable bonds is 3. The summed E-state index contributed by atoms with van der Waals surface area (Å²) in [5.74, 6) is 1.21. The first-order valence-corrected chi connectivity index (χ1v) is 6.31. The van der Waals surface area contributed by atoms with Gasteiger partial charge in [-0.15, -0.1) is 0 Å². The van der Waals surface area contributed by atoms with Gasteiger partial charge in [-0.3, -0.25) is 4.79 Å². The predicted molar refractivity (Wildman–Crippen MR) is 66.6 cm³/mol. The van der Waals surface area contributed by atoms with Crippen LogP contribution in [0, 0.1) is 12.8 Å². The van der Waals surface area contributed by atoms with Crippen molar-refractivity contribution in [2.45, 2.75) is 45.4 Å². The normalized spacial score (nSPS) is 25.0. The second-order valence-electron chi connectivity index (χ2n) is 4.94. The molecule has 0 unspecified atom stereocenters. The lowest BCUT2D eigenvalue weighted by Crippen LogP contribution is -2.12. The Hall–Kier alpha value is -1.11. The maximum atomic E-state index is 11.9. The second-order valence-corrected chi connectivity index (χ2v) is 4.94. The third kappa shape index (κ3) is 2.18. The highest BCUT2D eigenvalue weighted by Crippen LogP contribution is 2.39. The van der Waals surface area contributed by atoms with Crippen LogP contribution in [0.1, 0.15) is 49.7 Å². The Bertz CT molecular complexity index is 364. The minimum atomic E-state index is 0.181. The summed E-state index contributed by atoms with van der Waals surface area (Å²) in [5.41, 5.74) is 2.49. The molecule has 0 saturated heterocycles. The fourth-order valence-electron chi connectivity index (χ4n) is 2.83. The summed E-state index contributed by atoms with van der Waals surface area (Å²) in [5, 5.41) is 0. The van der Waals surface area contributed by atoms with E-state index in [0.717, 1.165) is 12.8 Å². The molecule has 1 nitrogen and oxygen atoms in total. The number of benzene rings is 1. The van der Waals surface area contributed by atoms with E-state index in [1.54, 1.807) is 0 Å². The van der Waals surface area contributed by atoms with E-state index in [0.29, 0.717) is 11.7 Å². The van der Waals surface area contributed by atoms with Crippen LogP contribution in [0.5, 0.6) is 0 Å². The summed E-state index contributed by atoms with van der Waals surface area (Å²) < 4.78 is 0. The van der Waals surface area contributed by atoms with Gasteiger partial charge >= 0.3 is 0 Å². The maximum Gasteiger partial charge on any atom is 0.140 e. The zero-order chi connectivity index (χ0) is 11.5. The minimum absolute atomic E-state index is 0.181. The van der Waals surface area contributed by atoms with Gasteiger partial charge in [0.25, 0.3) is 0 Å². The SMILES string of the molecule is CCC[C@H]1CCC(=O)[C@@H]1c1ccc(C)cc1. The molecule has 1 heteroatoms. The third-order valence-electron chi connectivity index (χ3n) is 3.68. The Morgan fingerprint density at radius 1 is 1.25 bits per heavy atom. The number of ketones is 1. The van der Waals surface area contributed by atoms with E-state index in [2.05, 4.69) is 38.1 Å². The van der Waals surface area contributed by atoms with Crippen molar-refractivity contribution in [3.63, 3.8) is 0 Å². The molecule has 0 heterocycles. The first-order valence-electron chi connectivity index (χ1n) is 6.31. The van der Waals surface area contributed by atoms with Gasteiger partial charge in [0, 0.05) is 12.3 Å². The summed E-state index contributed by atoms with van der Waals surface area (Å²) in [6.07, 6.45) is 4.24. The number of carbonyl (C=O) groups excluding carboxylic acids is 1. The monoisotopic (exact) mass is 216 g/mol. The van der Waals surface area contributed by atoms with E-state index < -0.39 is 0 Å². The van der Waals surface area contributed by atoms with Crippen molar-refractivity contribution in [1.29, 1.82) is 0 Å². The van der Waals surface area contributed by atoms with Crippen molar-refractivity contribution in [2.24, 2.45) is 5.92 Å². The van der Waals surface area contributed by atoms with Crippen LogP contribution < -0.4 is 0 Å². The lowest BCUT2D eigenvalue weighted by molar-refractivity contribution is -0.119. The molecule has 0 N–H and O–H groups in total. The van der Waals surface area contributed by atoms with Crippen molar-refractivity contribution in [3.8, 4) is 0 Å². The van der Waals surface area contributed by atoms with Crippen LogP contribution in [0.15, 0.2) is 24.3 Å². The molecule has 0 radical (unpaired) electrons.